The third kappa shape index (κ3) is 4.58. The van der Waals surface area contributed by atoms with Crippen LogP contribution < -0.4 is 10.0 Å². The van der Waals surface area contributed by atoms with E-state index in [0.717, 1.165) is 4.31 Å². The zero-order valence-corrected chi connectivity index (χ0v) is 17.7. The lowest BCUT2D eigenvalue weighted by Crippen LogP contribution is -2.41. The van der Waals surface area contributed by atoms with Crippen molar-refractivity contribution < 1.29 is 26.2 Å². The summed E-state index contributed by atoms with van der Waals surface area (Å²) < 4.78 is 57.5. The molecule has 1 aromatic heterocycles. The third-order valence-electron chi connectivity index (χ3n) is 3.84. The van der Waals surface area contributed by atoms with Gasteiger partial charge in [-0.1, -0.05) is 11.2 Å². The van der Waals surface area contributed by atoms with Crippen LogP contribution in [0.3, 0.4) is 0 Å². The largest absolute Gasteiger partial charge is 0.360 e. The summed E-state index contributed by atoms with van der Waals surface area (Å²) in [5.41, 5.74) is 0.399. The molecule has 12 heteroatoms. The minimum absolute atomic E-state index is 0.000690. The Balaban J connectivity index is 2.18. The van der Waals surface area contributed by atoms with E-state index in [1.807, 2.05) is 0 Å². The smallest absolute Gasteiger partial charge is 0.246 e. The first kappa shape index (κ1) is 22.0. The highest BCUT2D eigenvalue weighted by molar-refractivity contribution is 7.89. The molecule has 0 aliphatic heterocycles. The zero-order chi connectivity index (χ0) is 21.3. The Morgan fingerprint density at radius 3 is 2.36 bits per heavy atom. The van der Waals surface area contributed by atoms with Gasteiger partial charge in [-0.3, -0.25) is 4.79 Å². The van der Waals surface area contributed by atoms with Crippen LogP contribution in [0.1, 0.15) is 18.4 Å². The number of nitrogens with zero attached hydrogens (tertiary/aromatic N) is 2. The number of aromatic nitrogens is 1. The minimum atomic E-state index is -4.03. The average Bonchev–Trinajstić information content (AvgIpc) is 2.93. The molecule has 10 nitrogen and oxygen atoms in total. The predicted molar refractivity (Wildman–Crippen MR) is 102 cm³/mol. The minimum Gasteiger partial charge on any atom is -0.360 e. The molecule has 2 N–H and O–H groups in total. The maximum Gasteiger partial charge on any atom is 0.246 e. The van der Waals surface area contributed by atoms with Gasteiger partial charge in [0, 0.05) is 19.8 Å². The van der Waals surface area contributed by atoms with Crippen molar-refractivity contribution in [1.82, 2.24) is 14.2 Å². The van der Waals surface area contributed by atoms with Crippen molar-refractivity contribution in [2.45, 2.75) is 36.6 Å². The number of benzene rings is 1. The first-order valence-electron chi connectivity index (χ1n) is 8.15. The lowest BCUT2D eigenvalue weighted by atomic mass is 10.3. The van der Waals surface area contributed by atoms with Crippen LogP contribution in [-0.2, 0) is 24.8 Å². The number of carbonyl (C=O) groups is 1. The molecule has 0 unspecified atom stereocenters. The molecule has 0 radical (unpaired) electrons. The molecule has 0 aliphatic carbocycles. The van der Waals surface area contributed by atoms with Gasteiger partial charge in [-0.2, -0.15) is 4.72 Å². The second kappa shape index (κ2) is 7.99. The second-order valence-electron chi connectivity index (χ2n) is 6.30. The number of aryl methyl sites for hydroxylation is 2. The number of amides is 1. The van der Waals surface area contributed by atoms with Gasteiger partial charge in [0.25, 0.3) is 0 Å². The van der Waals surface area contributed by atoms with Gasteiger partial charge in [0.05, 0.1) is 10.9 Å². The van der Waals surface area contributed by atoms with Gasteiger partial charge in [-0.15, -0.1) is 0 Å². The van der Waals surface area contributed by atoms with Crippen LogP contribution in [0.25, 0.3) is 0 Å². The van der Waals surface area contributed by atoms with Crippen LogP contribution in [0.2, 0.25) is 0 Å². The highest BCUT2D eigenvalue weighted by atomic mass is 32.2. The lowest BCUT2D eigenvalue weighted by molar-refractivity contribution is -0.117. The summed E-state index contributed by atoms with van der Waals surface area (Å²) in [7, 11) is -4.91. The molecule has 0 bridgehead atoms. The van der Waals surface area contributed by atoms with Crippen molar-refractivity contribution in [3.8, 4) is 0 Å². The van der Waals surface area contributed by atoms with Crippen LogP contribution in [0.15, 0.2) is 38.6 Å². The molecule has 0 saturated carbocycles. The highest BCUT2D eigenvalue weighted by Crippen LogP contribution is 2.20. The van der Waals surface area contributed by atoms with Gasteiger partial charge >= 0.3 is 0 Å². The topological polar surface area (TPSA) is 139 Å². The van der Waals surface area contributed by atoms with Gasteiger partial charge in [0.15, 0.2) is 5.76 Å². The fourth-order valence-corrected chi connectivity index (χ4v) is 4.88. The molecule has 2 aromatic rings. The third-order valence-corrected chi connectivity index (χ3v) is 7.44. The van der Waals surface area contributed by atoms with E-state index in [1.54, 1.807) is 0 Å². The molecule has 1 amide bonds. The molecule has 1 atom stereocenters. The Bertz CT molecular complexity index is 1070. The van der Waals surface area contributed by atoms with Crippen LogP contribution >= 0.6 is 0 Å². The molecular formula is C16H22N4O6S2. The lowest BCUT2D eigenvalue weighted by Gasteiger charge is -2.15. The molecule has 1 heterocycles. The van der Waals surface area contributed by atoms with Crippen molar-refractivity contribution in [1.29, 1.82) is 0 Å². The molecule has 0 spiro atoms. The quantitative estimate of drug-likeness (QED) is 0.664. The van der Waals surface area contributed by atoms with Crippen molar-refractivity contribution in [3.63, 3.8) is 0 Å². The van der Waals surface area contributed by atoms with E-state index in [2.05, 4.69) is 15.2 Å². The Hall–Kier alpha value is -2.28. The predicted octanol–water partition coefficient (Wildman–Crippen LogP) is 0.847. The van der Waals surface area contributed by atoms with Crippen LogP contribution in [0.4, 0.5) is 5.69 Å². The van der Waals surface area contributed by atoms with Crippen LogP contribution in [-0.4, -0.2) is 52.3 Å². The van der Waals surface area contributed by atoms with Crippen molar-refractivity contribution in [2.75, 3.05) is 19.4 Å². The molecule has 154 valence electrons. The first-order chi connectivity index (χ1) is 12.9. The number of hydrogen-bond acceptors (Lipinski definition) is 7. The standard InChI is InChI=1S/C16H22N4O6S2/c1-10-15(12(3)26-18-10)27(22,23)19-11(2)16(21)17-13-7-6-8-14(9-13)28(24,25)20(4)5/h6-9,11,19H,1-5H3,(H,17,21)/t11-/m0/s1. The fraction of sp³-hybridized carbons (Fsp3) is 0.375. The summed E-state index contributed by atoms with van der Waals surface area (Å²) in [6.45, 7) is 4.30. The summed E-state index contributed by atoms with van der Waals surface area (Å²) in [5, 5.41) is 6.10. The Morgan fingerprint density at radius 2 is 1.82 bits per heavy atom. The number of rotatable bonds is 7. The van der Waals surface area contributed by atoms with Crippen LogP contribution in [0.5, 0.6) is 0 Å². The second-order valence-corrected chi connectivity index (χ2v) is 10.1. The first-order valence-corrected chi connectivity index (χ1v) is 11.1. The highest BCUT2D eigenvalue weighted by Gasteiger charge is 2.28. The van der Waals surface area contributed by atoms with E-state index in [9.17, 15) is 21.6 Å². The number of nitrogens with one attached hydrogen (secondary N) is 2. The Kier molecular flexibility index (Phi) is 6.28. The van der Waals surface area contributed by atoms with E-state index < -0.39 is 32.0 Å². The maximum absolute atomic E-state index is 12.5. The Morgan fingerprint density at radius 1 is 1.18 bits per heavy atom. The monoisotopic (exact) mass is 430 g/mol. The SMILES string of the molecule is Cc1noc(C)c1S(=O)(=O)N[C@@H](C)C(=O)Nc1cccc(S(=O)(=O)N(C)C)c1. The van der Waals surface area contributed by atoms with Gasteiger partial charge in [0.2, 0.25) is 26.0 Å². The Labute approximate surface area is 164 Å². The number of carbonyl (C=O) groups excluding carboxylic acids is 1. The number of hydrogen-bond donors (Lipinski definition) is 2. The molecule has 1 aromatic carbocycles. The van der Waals surface area contributed by atoms with Crippen molar-refractivity contribution in [3.05, 3.63) is 35.7 Å². The van der Waals surface area contributed by atoms with E-state index in [4.69, 9.17) is 4.52 Å². The summed E-state index contributed by atoms with van der Waals surface area (Å²) in [4.78, 5) is 12.3. The normalized spacial score (nSPS) is 13.5. The molecule has 2 rings (SSSR count). The molecule has 0 saturated heterocycles. The van der Waals surface area contributed by atoms with E-state index in [1.165, 1.54) is 59.1 Å². The van der Waals surface area contributed by atoms with Crippen molar-refractivity contribution in [2.24, 2.45) is 0 Å². The molecule has 0 fully saturated rings. The maximum atomic E-state index is 12.5. The summed E-state index contributed by atoms with van der Waals surface area (Å²) in [5.74, 6) is -0.547. The van der Waals surface area contributed by atoms with Gasteiger partial charge in [-0.05, 0) is 39.0 Å². The van der Waals surface area contributed by atoms with Crippen LogP contribution in [0, 0.1) is 13.8 Å². The van der Waals surface area contributed by atoms with E-state index in [-0.39, 0.29) is 26.9 Å². The number of anilines is 1. The summed E-state index contributed by atoms with van der Waals surface area (Å²) in [6.07, 6.45) is 0. The summed E-state index contributed by atoms with van der Waals surface area (Å²) >= 11 is 0. The van der Waals surface area contributed by atoms with Crippen molar-refractivity contribution >= 4 is 31.6 Å². The van der Waals surface area contributed by atoms with Gasteiger partial charge in [-0.25, -0.2) is 21.1 Å². The zero-order valence-electron chi connectivity index (χ0n) is 16.0. The van der Waals surface area contributed by atoms with Gasteiger partial charge < -0.3 is 9.84 Å². The molecule has 28 heavy (non-hydrogen) atoms. The van der Waals surface area contributed by atoms with Gasteiger partial charge in [0.1, 0.15) is 10.6 Å². The molecule has 0 aliphatic rings. The van der Waals surface area contributed by atoms with E-state index >= 15 is 0 Å². The fourth-order valence-electron chi connectivity index (χ4n) is 2.40. The van der Waals surface area contributed by atoms with E-state index in [0.29, 0.717) is 0 Å². The molecular weight excluding hydrogens is 408 g/mol. The summed E-state index contributed by atoms with van der Waals surface area (Å²) in [6, 6.07) is 4.54. The number of sulfonamides is 2. The average molecular weight is 431 g/mol.